The Morgan fingerprint density at radius 2 is 1.90 bits per heavy atom. The van der Waals surface area contributed by atoms with Crippen LogP contribution in [0.15, 0.2) is 12.7 Å². The Balaban J connectivity index is 5.40. The summed E-state index contributed by atoms with van der Waals surface area (Å²) in [6.07, 6.45) is 0.235. The number of carbonyl (C=O) groups excluding carboxylic acids is 1. The summed E-state index contributed by atoms with van der Waals surface area (Å²) in [6, 6.07) is -0.654. The van der Waals surface area contributed by atoms with Crippen LogP contribution in [0.2, 0.25) is 18.1 Å². The molecule has 0 aromatic carbocycles. The number of hydroxylamine groups is 1. The van der Waals surface area contributed by atoms with Crippen molar-refractivity contribution in [3.63, 3.8) is 0 Å². The minimum absolute atomic E-state index is 0.0323. The molecule has 168 valence electrons. The number of hydrogen-bond acceptors (Lipinski definition) is 6. The number of carboxylic acid groups (broad SMARTS) is 1. The zero-order valence-corrected chi connectivity index (χ0v) is 19.0. The Labute approximate surface area is 173 Å². The molecule has 0 rings (SSSR count). The van der Waals surface area contributed by atoms with Crippen LogP contribution in [0.4, 0.5) is 9.59 Å². The number of unbranched alkanes of at least 4 members (excludes halogenated alkanes) is 1. The van der Waals surface area contributed by atoms with Gasteiger partial charge in [0, 0.05) is 6.54 Å². The highest BCUT2D eigenvalue weighted by Gasteiger charge is 2.42. The molecule has 0 heterocycles. The van der Waals surface area contributed by atoms with Gasteiger partial charge in [-0.1, -0.05) is 33.4 Å². The summed E-state index contributed by atoms with van der Waals surface area (Å²) in [5.74, 6) is -0.271. The van der Waals surface area contributed by atoms with Crippen molar-refractivity contribution in [2.75, 3.05) is 13.2 Å². The highest BCUT2D eigenvalue weighted by atomic mass is 28.4. The zero-order chi connectivity index (χ0) is 22.7. The smallest absolute Gasteiger partial charge is 0.407 e. The average Bonchev–Trinajstić information content (AvgIpc) is 2.61. The zero-order valence-electron chi connectivity index (χ0n) is 18.0. The number of carbonyl (C=O) groups is 2. The van der Waals surface area contributed by atoms with E-state index in [4.69, 9.17) is 19.7 Å². The molecule has 0 bridgehead atoms. The number of hydrogen-bond donors (Lipinski definition) is 6. The molecule has 0 aliphatic carbocycles. The van der Waals surface area contributed by atoms with Crippen LogP contribution in [0.1, 0.15) is 40.0 Å². The van der Waals surface area contributed by atoms with E-state index in [0.717, 1.165) is 0 Å². The molecule has 0 fully saturated rings. The number of rotatable bonds is 12. The largest absolute Gasteiger partial charge is 0.465 e. The molecule has 0 radical (unpaired) electrons. The molecule has 2 atom stereocenters. The third kappa shape index (κ3) is 10.3. The summed E-state index contributed by atoms with van der Waals surface area (Å²) in [5.41, 5.74) is 1.83. The van der Waals surface area contributed by atoms with Gasteiger partial charge in [-0.2, -0.15) is 0 Å². The third-order valence-electron chi connectivity index (χ3n) is 4.85. The van der Waals surface area contributed by atoms with E-state index < -0.39 is 32.6 Å². The van der Waals surface area contributed by atoms with E-state index in [0.29, 0.717) is 19.3 Å². The summed E-state index contributed by atoms with van der Waals surface area (Å²) in [7, 11) is -2.35. The molecule has 0 saturated carbocycles. The molecule has 0 spiro atoms. The standard InChI is InChI=1S/C18H36N4O6Si/c1-7-12-27-17(25)21-13(10-8-9-11-20-16(23)24)14(15(19)22-26)28-29(5,6)18(2,3)4/h7,13-14,20,26H,1,8-12H2,2-6H3,(H2,19,22)(H,21,25)(H,23,24). The second kappa shape index (κ2) is 12.4. The molecule has 0 aromatic heterocycles. The quantitative estimate of drug-likeness (QED) is 0.0692. The van der Waals surface area contributed by atoms with Crippen molar-refractivity contribution in [2.24, 2.45) is 0 Å². The lowest BCUT2D eigenvalue weighted by molar-refractivity contribution is 0.128. The monoisotopic (exact) mass is 432 g/mol. The molecule has 2 amide bonds. The molecule has 0 saturated heterocycles. The van der Waals surface area contributed by atoms with Gasteiger partial charge in [0.2, 0.25) is 0 Å². The van der Waals surface area contributed by atoms with Crippen LogP contribution in [0.25, 0.3) is 0 Å². The van der Waals surface area contributed by atoms with Gasteiger partial charge in [-0.05, 0) is 37.4 Å². The fraction of sp³-hybridized carbons (Fsp3) is 0.722. The van der Waals surface area contributed by atoms with E-state index in [2.05, 4.69) is 17.2 Å². The fourth-order valence-electron chi connectivity index (χ4n) is 2.21. The maximum absolute atomic E-state index is 12.1. The van der Waals surface area contributed by atoms with Gasteiger partial charge in [0.1, 0.15) is 18.5 Å². The van der Waals surface area contributed by atoms with E-state index in [-0.39, 0.29) is 24.0 Å². The lowest BCUT2D eigenvalue weighted by Gasteiger charge is -2.41. The third-order valence-corrected chi connectivity index (χ3v) is 9.31. The topological polar surface area (TPSA) is 153 Å². The van der Waals surface area contributed by atoms with Gasteiger partial charge < -0.3 is 24.9 Å². The second-order valence-corrected chi connectivity index (χ2v) is 12.9. The summed E-state index contributed by atoms with van der Waals surface area (Å²) >= 11 is 0. The highest BCUT2D eigenvalue weighted by Crippen LogP contribution is 2.37. The molecule has 29 heavy (non-hydrogen) atoms. The lowest BCUT2D eigenvalue weighted by atomic mass is 10.0. The molecule has 0 aliphatic rings. The Morgan fingerprint density at radius 1 is 1.28 bits per heavy atom. The van der Waals surface area contributed by atoms with E-state index in [1.165, 1.54) is 6.08 Å². The van der Waals surface area contributed by atoms with Gasteiger partial charge in [-0.25, -0.2) is 9.59 Å². The molecule has 10 nitrogen and oxygen atoms in total. The normalized spacial score (nSPS) is 13.7. The fourth-order valence-corrected chi connectivity index (χ4v) is 3.48. The van der Waals surface area contributed by atoms with Gasteiger partial charge in [0.15, 0.2) is 8.32 Å². The van der Waals surface area contributed by atoms with Gasteiger partial charge in [-0.3, -0.25) is 16.1 Å². The summed E-state index contributed by atoms with van der Waals surface area (Å²) < 4.78 is 11.3. The minimum atomic E-state index is -2.35. The van der Waals surface area contributed by atoms with Crippen molar-refractivity contribution in [3.8, 4) is 0 Å². The maximum atomic E-state index is 12.1. The summed E-state index contributed by atoms with van der Waals surface area (Å²) in [5, 5.41) is 30.9. The first-order valence-corrected chi connectivity index (χ1v) is 12.4. The molecule has 11 heteroatoms. The summed E-state index contributed by atoms with van der Waals surface area (Å²) in [6.45, 7) is 14.0. The first-order valence-electron chi connectivity index (χ1n) is 9.53. The molecule has 6 N–H and O–H groups in total. The predicted molar refractivity (Wildman–Crippen MR) is 113 cm³/mol. The second-order valence-electron chi connectivity index (χ2n) is 8.19. The molecule has 0 aromatic rings. The van der Waals surface area contributed by atoms with E-state index in [1.54, 1.807) is 0 Å². The number of nitrogens with one attached hydrogen (secondary N) is 4. The SMILES string of the molecule is C=CCOC(=O)NC(CCCCNC(=O)O)C(O[Si](C)(C)C(C)(C)C)C(=N)NO. The van der Waals surface area contributed by atoms with Crippen LogP contribution in [0.5, 0.6) is 0 Å². The number of alkyl carbamates (subject to hydrolysis) is 1. The van der Waals surface area contributed by atoms with Crippen molar-refractivity contribution in [1.29, 1.82) is 5.41 Å². The molecule has 2 unspecified atom stereocenters. The van der Waals surface area contributed by atoms with Crippen molar-refractivity contribution in [1.82, 2.24) is 16.1 Å². The van der Waals surface area contributed by atoms with Crippen molar-refractivity contribution >= 4 is 26.3 Å². The molecule has 0 aliphatic heterocycles. The first kappa shape index (κ1) is 26.9. The Bertz CT molecular complexity index is 565. The van der Waals surface area contributed by atoms with Crippen molar-refractivity contribution in [3.05, 3.63) is 12.7 Å². The van der Waals surface area contributed by atoms with Gasteiger partial charge >= 0.3 is 12.2 Å². The van der Waals surface area contributed by atoms with Gasteiger partial charge in [0.05, 0.1) is 6.04 Å². The Hall–Kier alpha value is -2.11. The molecular formula is C18H36N4O6Si. The Kier molecular flexibility index (Phi) is 11.5. The van der Waals surface area contributed by atoms with Crippen molar-refractivity contribution in [2.45, 2.75) is 70.3 Å². The average molecular weight is 433 g/mol. The van der Waals surface area contributed by atoms with Crippen LogP contribution >= 0.6 is 0 Å². The van der Waals surface area contributed by atoms with Gasteiger partial charge in [0.25, 0.3) is 0 Å². The van der Waals surface area contributed by atoms with E-state index in [1.807, 2.05) is 39.3 Å². The van der Waals surface area contributed by atoms with Gasteiger partial charge in [-0.15, -0.1) is 0 Å². The first-order chi connectivity index (χ1) is 13.4. The number of amidine groups is 1. The van der Waals surface area contributed by atoms with Crippen LogP contribution in [-0.2, 0) is 9.16 Å². The summed E-state index contributed by atoms with van der Waals surface area (Å²) in [4.78, 5) is 22.7. The van der Waals surface area contributed by atoms with Crippen LogP contribution in [-0.4, -0.2) is 62.0 Å². The number of ether oxygens (including phenoxy) is 1. The molecular weight excluding hydrogens is 396 g/mol. The van der Waals surface area contributed by atoms with Crippen LogP contribution in [0.3, 0.4) is 0 Å². The number of amides is 2. The van der Waals surface area contributed by atoms with Crippen LogP contribution < -0.4 is 16.1 Å². The van der Waals surface area contributed by atoms with E-state index in [9.17, 15) is 14.8 Å². The van der Waals surface area contributed by atoms with Crippen LogP contribution in [0, 0.1) is 5.41 Å². The van der Waals surface area contributed by atoms with Crippen molar-refractivity contribution < 1.29 is 29.1 Å². The highest BCUT2D eigenvalue weighted by molar-refractivity contribution is 6.74. The predicted octanol–water partition coefficient (Wildman–Crippen LogP) is 3.05. The maximum Gasteiger partial charge on any atom is 0.407 e. The minimum Gasteiger partial charge on any atom is -0.465 e. The lowest BCUT2D eigenvalue weighted by Crippen LogP contribution is -2.56. The van der Waals surface area contributed by atoms with E-state index >= 15 is 0 Å². The Morgan fingerprint density at radius 3 is 2.38 bits per heavy atom.